The number of nitrogens with zero attached hydrogens (tertiary/aromatic N) is 5. The number of para-hydroxylation sites is 3. The van der Waals surface area contributed by atoms with E-state index < -0.39 is 0 Å². The molecule has 0 bridgehead atoms. The molecule has 0 saturated carbocycles. The van der Waals surface area contributed by atoms with E-state index in [0.717, 1.165) is 88.2 Å². The minimum atomic E-state index is 0.545. The van der Waals surface area contributed by atoms with Crippen molar-refractivity contribution in [2.24, 2.45) is 0 Å². The van der Waals surface area contributed by atoms with Crippen LogP contribution in [0.1, 0.15) is 0 Å². The molecule has 8 heteroatoms. The van der Waals surface area contributed by atoms with E-state index in [1.807, 2.05) is 146 Å². The van der Waals surface area contributed by atoms with Gasteiger partial charge in [0.15, 0.2) is 28.9 Å². The fourth-order valence-corrected chi connectivity index (χ4v) is 7.92. The van der Waals surface area contributed by atoms with E-state index in [4.69, 9.17) is 38.2 Å². The minimum Gasteiger partial charge on any atom is -0.456 e. The third-order valence-electron chi connectivity index (χ3n) is 10.6. The lowest BCUT2D eigenvalue weighted by Crippen LogP contribution is -2.00. The van der Waals surface area contributed by atoms with Gasteiger partial charge in [-0.15, -0.1) is 0 Å². The standard InChI is InChI=1S/C49H27N5O3/c1-3-13-28(14-4-1)46-52-47(29-15-5-2-6-16-29)54-49(53-46)34-20-12-24-40-41(34)36-27-30(25-26-39(36)55-40)48-50-42-33-18-8-10-23-38(33)57-45(42)43(51-48)35-21-11-19-32-31-17-7-9-22-37(31)56-44(32)35/h1-27H. The smallest absolute Gasteiger partial charge is 0.180 e. The number of benzene rings is 7. The Bertz CT molecular complexity index is 3480. The Hall–Kier alpha value is -7.97. The minimum absolute atomic E-state index is 0.545. The van der Waals surface area contributed by atoms with E-state index in [9.17, 15) is 0 Å². The number of aromatic nitrogens is 5. The largest absolute Gasteiger partial charge is 0.456 e. The highest BCUT2D eigenvalue weighted by molar-refractivity contribution is 6.15. The zero-order valence-corrected chi connectivity index (χ0v) is 30.0. The van der Waals surface area contributed by atoms with Gasteiger partial charge in [0.05, 0.1) is 0 Å². The molecule has 12 rings (SSSR count). The van der Waals surface area contributed by atoms with Gasteiger partial charge in [0.25, 0.3) is 0 Å². The first-order chi connectivity index (χ1) is 28.2. The van der Waals surface area contributed by atoms with Gasteiger partial charge in [-0.3, -0.25) is 0 Å². The summed E-state index contributed by atoms with van der Waals surface area (Å²) in [5, 5.41) is 4.74. The van der Waals surface area contributed by atoms with Crippen molar-refractivity contribution < 1.29 is 13.3 Å². The summed E-state index contributed by atoms with van der Waals surface area (Å²) in [4.78, 5) is 25.5. The first kappa shape index (κ1) is 31.4. The summed E-state index contributed by atoms with van der Waals surface area (Å²) in [6.45, 7) is 0. The van der Waals surface area contributed by atoms with E-state index in [2.05, 4.69) is 18.2 Å². The maximum Gasteiger partial charge on any atom is 0.180 e. The maximum absolute atomic E-state index is 6.51. The van der Waals surface area contributed by atoms with Gasteiger partial charge in [0.1, 0.15) is 39.1 Å². The fraction of sp³-hybridized carbons (Fsp3) is 0. The predicted molar refractivity (Wildman–Crippen MR) is 224 cm³/mol. The van der Waals surface area contributed by atoms with Crippen LogP contribution in [0.15, 0.2) is 177 Å². The molecule has 0 aliphatic heterocycles. The van der Waals surface area contributed by atoms with Gasteiger partial charge in [-0.05, 0) is 48.5 Å². The van der Waals surface area contributed by atoms with Crippen LogP contribution in [0.25, 0.3) is 123 Å². The summed E-state index contributed by atoms with van der Waals surface area (Å²) in [6.07, 6.45) is 0. The molecule has 12 aromatic rings. The molecule has 0 aliphatic rings. The van der Waals surface area contributed by atoms with Gasteiger partial charge in [0, 0.05) is 54.7 Å². The monoisotopic (exact) mass is 733 g/mol. The van der Waals surface area contributed by atoms with Crippen LogP contribution in [0, 0.1) is 0 Å². The van der Waals surface area contributed by atoms with Crippen molar-refractivity contribution in [3.05, 3.63) is 164 Å². The van der Waals surface area contributed by atoms with E-state index in [1.165, 1.54) is 0 Å². The molecule has 5 aromatic heterocycles. The molecule has 0 spiro atoms. The van der Waals surface area contributed by atoms with Gasteiger partial charge in [-0.1, -0.05) is 115 Å². The number of rotatable bonds is 5. The molecule has 8 nitrogen and oxygen atoms in total. The van der Waals surface area contributed by atoms with Crippen LogP contribution in [0.4, 0.5) is 0 Å². The van der Waals surface area contributed by atoms with E-state index >= 15 is 0 Å². The van der Waals surface area contributed by atoms with Crippen LogP contribution in [0.3, 0.4) is 0 Å². The average Bonchev–Trinajstić information content (AvgIpc) is 3.98. The molecular formula is C49H27N5O3. The van der Waals surface area contributed by atoms with Gasteiger partial charge in [-0.2, -0.15) is 0 Å². The molecule has 0 aliphatic carbocycles. The first-order valence-corrected chi connectivity index (χ1v) is 18.7. The molecule has 0 fully saturated rings. The maximum atomic E-state index is 6.51. The van der Waals surface area contributed by atoms with Crippen molar-refractivity contribution in [1.82, 2.24) is 24.9 Å². The van der Waals surface area contributed by atoms with Crippen LogP contribution in [-0.4, -0.2) is 24.9 Å². The summed E-state index contributed by atoms with van der Waals surface area (Å²) in [7, 11) is 0. The number of fused-ring (bicyclic) bond motifs is 9. The van der Waals surface area contributed by atoms with Crippen LogP contribution < -0.4 is 0 Å². The molecule has 0 N–H and O–H groups in total. The first-order valence-electron chi connectivity index (χ1n) is 18.7. The van der Waals surface area contributed by atoms with Gasteiger partial charge >= 0.3 is 0 Å². The summed E-state index contributed by atoms with van der Waals surface area (Å²) < 4.78 is 19.5. The van der Waals surface area contributed by atoms with E-state index in [1.54, 1.807) is 0 Å². The molecule has 0 radical (unpaired) electrons. The van der Waals surface area contributed by atoms with E-state index in [0.29, 0.717) is 34.6 Å². The summed E-state index contributed by atoms with van der Waals surface area (Å²) >= 11 is 0. The predicted octanol–water partition coefficient (Wildman–Crippen LogP) is 12.7. The fourth-order valence-electron chi connectivity index (χ4n) is 7.92. The third kappa shape index (κ3) is 4.97. The Balaban J connectivity index is 1.09. The molecular weight excluding hydrogens is 707 g/mol. The zero-order chi connectivity index (χ0) is 37.5. The van der Waals surface area contributed by atoms with Gasteiger partial charge in [-0.25, -0.2) is 24.9 Å². The lowest BCUT2D eigenvalue weighted by atomic mass is 10.0. The SMILES string of the molecule is c1ccc(-c2nc(-c3ccccc3)nc(-c3cccc4oc5ccc(-c6nc(-c7cccc8c7oc7ccccc78)c7oc8ccccc8c7n6)cc5c34)n2)cc1. The van der Waals surface area contributed by atoms with Gasteiger partial charge in [0.2, 0.25) is 0 Å². The Morgan fingerprint density at radius 3 is 1.65 bits per heavy atom. The lowest BCUT2D eigenvalue weighted by molar-refractivity contribution is 0.663. The van der Waals surface area contributed by atoms with Crippen LogP contribution in [0.2, 0.25) is 0 Å². The number of hydrogen-bond donors (Lipinski definition) is 0. The summed E-state index contributed by atoms with van der Waals surface area (Å²) in [5.74, 6) is 2.27. The zero-order valence-electron chi connectivity index (χ0n) is 30.0. The molecule has 0 atom stereocenters. The Morgan fingerprint density at radius 1 is 0.316 bits per heavy atom. The Labute approximate surface area is 323 Å². The van der Waals surface area contributed by atoms with Crippen molar-refractivity contribution in [2.45, 2.75) is 0 Å². The number of furan rings is 3. The topological polar surface area (TPSA) is 104 Å². The van der Waals surface area contributed by atoms with Crippen LogP contribution in [0.5, 0.6) is 0 Å². The van der Waals surface area contributed by atoms with Crippen molar-refractivity contribution in [2.75, 3.05) is 0 Å². The molecule has 57 heavy (non-hydrogen) atoms. The average molecular weight is 734 g/mol. The second-order valence-electron chi connectivity index (χ2n) is 14.0. The third-order valence-corrected chi connectivity index (χ3v) is 10.6. The summed E-state index contributed by atoms with van der Waals surface area (Å²) in [5.41, 5.74) is 9.99. The lowest BCUT2D eigenvalue weighted by Gasteiger charge is -2.09. The molecule has 5 heterocycles. The highest BCUT2D eigenvalue weighted by Gasteiger charge is 2.23. The second kappa shape index (κ2) is 12.3. The molecule has 266 valence electrons. The highest BCUT2D eigenvalue weighted by atomic mass is 16.3. The molecule has 7 aromatic carbocycles. The molecule has 0 amide bonds. The normalized spacial score (nSPS) is 11.9. The van der Waals surface area contributed by atoms with E-state index in [-0.39, 0.29) is 0 Å². The number of hydrogen-bond acceptors (Lipinski definition) is 8. The van der Waals surface area contributed by atoms with Crippen molar-refractivity contribution in [3.63, 3.8) is 0 Å². The molecule has 0 saturated heterocycles. The van der Waals surface area contributed by atoms with Gasteiger partial charge < -0.3 is 13.3 Å². The van der Waals surface area contributed by atoms with Crippen molar-refractivity contribution >= 4 is 65.9 Å². The highest BCUT2D eigenvalue weighted by Crippen LogP contribution is 2.42. The van der Waals surface area contributed by atoms with Crippen LogP contribution in [-0.2, 0) is 0 Å². The van der Waals surface area contributed by atoms with Crippen molar-refractivity contribution in [1.29, 1.82) is 0 Å². The van der Waals surface area contributed by atoms with Crippen molar-refractivity contribution in [3.8, 4) is 56.8 Å². The molecule has 0 unspecified atom stereocenters. The summed E-state index contributed by atoms with van der Waals surface area (Å²) in [6, 6.07) is 54.2. The van der Waals surface area contributed by atoms with Crippen LogP contribution >= 0.6 is 0 Å². The Kier molecular flexibility index (Phi) is 6.76. The second-order valence-corrected chi connectivity index (χ2v) is 14.0. The quantitative estimate of drug-likeness (QED) is 0.172. The Morgan fingerprint density at radius 2 is 0.877 bits per heavy atom.